The van der Waals surface area contributed by atoms with Crippen LogP contribution in [0.1, 0.15) is 28.6 Å². The summed E-state index contributed by atoms with van der Waals surface area (Å²) in [5, 5.41) is 11.4. The fraction of sp³-hybridized carbons (Fsp3) is 0.304. The van der Waals surface area contributed by atoms with Gasteiger partial charge in [-0.1, -0.05) is 0 Å². The molecule has 8 nitrogen and oxygen atoms in total. The van der Waals surface area contributed by atoms with Crippen LogP contribution < -0.4 is 21.1 Å². The summed E-state index contributed by atoms with van der Waals surface area (Å²) in [7, 11) is 0. The largest absolute Gasteiger partial charge is 0.454 e. The maximum Gasteiger partial charge on any atom is 0.269 e. The van der Waals surface area contributed by atoms with E-state index in [2.05, 4.69) is 15.5 Å². The lowest BCUT2D eigenvalue weighted by atomic mass is 10.0. The van der Waals surface area contributed by atoms with Crippen LogP contribution in [0.15, 0.2) is 42.5 Å². The molecule has 0 radical (unpaired) electrons. The first-order valence-corrected chi connectivity index (χ1v) is 10.9. The highest BCUT2D eigenvalue weighted by Gasteiger charge is 2.34. The van der Waals surface area contributed by atoms with Crippen LogP contribution in [-0.2, 0) is 0 Å². The average molecular weight is 454 g/mol. The molecule has 0 unspecified atom stereocenters. The van der Waals surface area contributed by atoms with E-state index in [4.69, 9.17) is 15.6 Å². The van der Waals surface area contributed by atoms with Crippen molar-refractivity contribution in [1.29, 1.82) is 0 Å². The van der Waals surface area contributed by atoms with Crippen molar-refractivity contribution in [3.05, 3.63) is 65.5 Å². The Bertz CT molecular complexity index is 1170. The number of nitrogens with zero attached hydrogens (tertiary/aromatic N) is 3. The highest BCUT2D eigenvalue weighted by Crippen LogP contribution is 2.37. The Morgan fingerprint density at radius 2 is 1.85 bits per heavy atom. The maximum absolute atomic E-state index is 13.9. The normalized spacial score (nSPS) is 18.4. The van der Waals surface area contributed by atoms with Crippen LogP contribution in [0.25, 0.3) is 5.69 Å². The molecule has 1 saturated heterocycles. The Kier molecular flexibility index (Phi) is 5.69. The van der Waals surface area contributed by atoms with Gasteiger partial charge in [0.05, 0.1) is 17.4 Å². The summed E-state index contributed by atoms with van der Waals surface area (Å²) in [6.07, 6.45) is 0.887. The molecular formula is C23H24F2N6O2. The number of ether oxygens (including phenoxy) is 1. The molecule has 4 N–H and O–H groups in total. The molecule has 33 heavy (non-hydrogen) atoms. The van der Waals surface area contributed by atoms with Crippen molar-refractivity contribution in [3.63, 3.8) is 0 Å². The molecule has 1 aromatic heterocycles. The maximum atomic E-state index is 13.9. The Hall–Kier alpha value is -3.50. The minimum atomic E-state index is -0.792. The fourth-order valence-corrected chi connectivity index (χ4v) is 4.42. The summed E-state index contributed by atoms with van der Waals surface area (Å²) < 4.78 is 34.1. The number of halogens is 2. The molecule has 0 spiro atoms. The molecule has 0 saturated carbocycles. The first kappa shape index (κ1) is 21.4. The van der Waals surface area contributed by atoms with Crippen LogP contribution in [0.3, 0.4) is 0 Å². The van der Waals surface area contributed by atoms with Crippen LogP contribution in [0.5, 0.6) is 11.5 Å². The third-order valence-electron chi connectivity index (χ3n) is 5.98. The minimum absolute atomic E-state index is 0.0837. The number of hydrogen-bond acceptors (Lipinski definition) is 6. The Morgan fingerprint density at radius 1 is 1.09 bits per heavy atom. The zero-order valence-corrected chi connectivity index (χ0v) is 17.9. The number of piperazine rings is 1. The highest BCUT2D eigenvalue weighted by molar-refractivity contribution is 5.98. The van der Waals surface area contributed by atoms with Gasteiger partial charge in [-0.2, -0.15) is 5.10 Å². The first-order chi connectivity index (χ1) is 16.0. The summed E-state index contributed by atoms with van der Waals surface area (Å²) >= 11 is 0. The molecule has 3 heterocycles. The summed E-state index contributed by atoms with van der Waals surface area (Å²) in [5.74, 6) is -1.77. The van der Waals surface area contributed by atoms with E-state index in [0.717, 1.165) is 57.0 Å². The van der Waals surface area contributed by atoms with Gasteiger partial charge in [0.2, 0.25) is 0 Å². The number of amides is 1. The Labute approximate surface area is 189 Å². The van der Waals surface area contributed by atoms with Crippen LogP contribution in [-0.4, -0.2) is 53.3 Å². The van der Waals surface area contributed by atoms with E-state index in [1.54, 1.807) is 28.9 Å². The summed E-state index contributed by atoms with van der Waals surface area (Å²) in [4.78, 5) is 14.8. The molecule has 1 fully saturated rings. The molecule has 172 valence electrons. The van der Waals surface area contributed by atoms with Crippen LogP contribution in [0.4, 0.5) is 14.5 Å². The van der Waals surface area contributed by atoms with Crippen molar-refractivity contribution in [2.24, 2.45) is 5.73 Å². The highest BCUT2D eigenvalue weighted by atomic mass is 19.1. The molecule has 0 aliphatic carbocycles. The standard InChI is InChI=1S/C23H24F2N6O2/c24-14-1-6-19(17(25)13-14)33-16-4-2-15(3-5-16)31-22(23(26)32)21-20(29-31)18(7-8-28-21)30-11-9-27-10-12-30/h1-6,13,18,27-28H,7-12H2,(H2,26,32)/t18-/m1/s1. The van der Waals surface area contributed by atoms with Crippen molar-refractivity contribution in [1.82, 2.24) is 20.0 Å². The summed E-state index contributed by atoms with van der Waals surface area (Å²) in [5.41, 5.74) is 8.14. The third kappa shape index (κ3) is 4.14. The van der Waals surface area contributed by atoms with E-state index in [1.165, 1.54) is 6.07 Å². The number of carbonyl (C=O) groups is 1. The number of benzene rings is 2. The lowest BCUT2D eigenvalue weighted by Crippen LogP contribution is -2.46. The second kappa shape index (κ2) is 8.80. The van der Waals surface area contributed by atoms with Gasteiger partial charge in [-0.15, -0.1) is 0 Å². The van der Waals surface area contributed by atoms with Crippen molar-refractivity contribution in [3.8, 4) is 17.2 Å². The Balaban J connectivity index is 1.46. The molecule has 5 rings (SSSR count). The van der Waals surface area contributed by atoms with E-state index in [-0.39, 0.29) is 11.8 Å². The van der Waals surface area contributed by atoms with E-state index in [9.17, 15) is 13.6 Å². The lowest BCUT2D eigenvalue weighted by Gasteiger charge is -2.36. The quantitative estimate of drug-likeness (QED) is 0.549. The summed E-state index contributed by atoms with van der Waals surface area (Å²) in [6, 6.07) is 9.90. The smallest absolute Gasteiger partial charge is 0.269 e. The van der Waals surface area contributed by atoms with Crippen LogP contribution in [0.2, 0.25) is 0 Å². The molecule has 2 aliphatic rings. The molecule has 10 heteroatoms. The van der Waals surface area contributed by atoms with E-state index in [0.29, 0.717) is 22.8 Å². The zero-order valence-electron chi connectivity index (χ0n) is 17.9. The number of anilines is 1. The predicted molar refractivity (Wildman–Crippen MR) is 119 cm³/mol. The van der Waals surface area contributed by atoms with Crippen LogP contribution in [0, 0.1) is 11.6 Å². The fourth-order valence-electron chi connectivity index (χ4n) is 4.42. The number of primary amides is 1. The van der Waals surface area contributed by atoms with Gasteiger partial charge in [-0.05, 0) is 42.8 Å². The monoisotopic (exact) mass is 454 g/mol. The van der Waals surface area contributed by atoms with Gasteiger partial charge in [-0.3, -0.25) is 9.69 Å². The second-order valence-electron chi connectivity index (χ2n) is 8.07. The minimum Gasteiger partial charge on any atom is -0.454 e. The topological polar surface area (TPSA) is 97.4 Å². The molecule has 1 amide bonds. The van der Waals surface area contributed by atoms with E-state index < -0.39 is 17.5 Å². The summed E-state index contributed by atoms with van der Waals surface area (Å²) in [6.45, 7) is 4.38. The zero-order chi connectivity index (χ0) is 22.9. The van der Waals surface area contributed by atoms with Crippen molar-refractivity contribution < 1.29 is 18.3 Å². The molecule has 1 atom stereocenters. The van der Waals surface area contributed by atoms with Gasteiger partial charge in [0, 0.05) is 38.8 Å². The third-order valence-corrected chi connectivity index (χ3v) is 5.98. The molecule has 2 aliphatic heterocycles. The van der Waals surface area contributed by atoms with Crippen molar-refractivity contribution >= 4 is 11.6 Å². The SMILES string of the molecule is NC(=O)c1c2c(nn1-c1ccc(Oc3ccc(F)cc3F)cc1)[C@H](N1CCNCC1)CCN2. The average Bonchev–Trinajstić information content (AvgIpc) is 3.22. The number of nitrogens with two attached hydrogens (primary N) is 1. The van der Waals surface area contributed by atoms with Crippen molar-refractivity contribution in [2.45, 2.75) is 12.5 Å². The second-order valence-corrected chi connectivity index (χ2v) is 8.07. The van der Waals surface area contributed by atoms with Gasteiger partial charge in [0.15, 0.2) is 17.3 Å². The number of hydrogen-bond donors (Lipinski definition) is 3. The Morgan fingerprint density at radius 3 is 2.55 bits per heavy atom. The molecular weight excluding hydrogens is 430 g/mol. The van der Waals surface area contributed by atoms with E-state index >= 15 is 0 Å². The van der Waals surface area contributed by atoms with Gasteiger partial charge < -0.3 is 21.1 Å². The lowest BCUT2D eigenvalue weighted by molar-refractivity contribution is 0.0993. The van der Waals surface area contributed by atoms with E-state index in [1.807, 2.05) is 0 Å². The molecule has 0 bridgehead atoms. The number of nitrogens with one attached hydrogen (secondary N) is 2. The van der Waals surface area contributed by atoms with Gasteiger partial charge in [0.25, 0.3) is 5.91 Å². The first-order valence-electron chi connectivity index (χ1n) is 10.9. The van der Waals surface area contributed by atoms with Crippen molar-refractivity contribution in [2.75, 3.05) is 38.0 Å². The van der Waals surface area contributed by atoms with Gasteiger partial charge in [-0.25, -0.2) is 13.5 Å². The predicted octanol–water partition coefficient (Wildman–Crippen LogP) is 2.80. The molecule has 3 aromatic rings. The molecule has 2 aromatic carbocycles. The van der Waals surface area contributed by atoms with Gasteiger partial charge in [0.1, 0.15) is 17.3 Å². The van der Waals surface area contributed by atoms with Crippen LogP contribution >= 0.6 is 0 Å². The number of carbonyl (C=O) groups excluding carboxylic acids is 1. The number of rotatable bonds is 5. The number of fused-ring (bicyclic) bond motifs is 1. The number of aromatic nitrogens is 2. The van der Waals surface area contributed by atoms with Gasteiger partial charge >= 0.3 is 0 Å².